The maximum atomic E-state index is 11.8. The number of thiophene rings is 1. The molecule has 0 aromatic carbocycles. The first-order chi connectivity index (χ1) is 13.7. The summed E-state index contributed by atoms with van der Waals surface area (Å²) in [5.41, 5.74) is 2.35. The van der Waals surface area contributed by atoms with E-state index in [9.17, 15) is 4.79 Å². The van der Waals surface area contributed by atoms with Crippen molar-refractivity contribution in [2.24, 2.45) is 0 Å². The van der Waals surface area contributed by atoms with E-state index in [0.717, 1.165) is 11.3 Å². The van der Waals surface area contributed by atoms with Crippen LogP contribution in [0.15, 0.2) is 41.4 Å². The number of methoxy groups -OCH3 is 1. The number of ether oxygens (including phenoxy) is 1. The molecular weight excluding hydrogens is 380 g/mol. The molecule has 0 fully saturated rings. The van der Waals surface area contributed by atoms with Crippen LogP contribution in [0.3, 0.4) is 0 Å². The largest absolute Gasteiger partial charge is 0.383 e. The monoisotopic (exact) mass is 398 g/mol. The number of anilines is 2. The molecule has 0 saturated heterocycles. The van der Waals surface area contributed by atoms with Crippen LogP contribution in [0.1, 0.15) is 0 Å². The molecule has 1 amide bonds. The van der Waals surface area contributed by atoms with Gasteiger partial charge >= 0.3 is 0 Å². The van der Waals surface area contributed by atoms with Crippen LogP contribution >= 0.6 is 11.3 Å². The Morgan fingerprint density at radius 1 is 1.29 bits per heavy atom. The molecular formula is C17H18N8O2S. The lowest BCUT2D eigenvalue weighted by molar-refractivity contribution is -0.122. The van der Waals surface area contributed by atoms with Gasteiger partial charge in [-0.3, -0.25) is 9.48 Å². The average molecular weight is 398 g/mol. The molecule has 0 aliphatic heterocycles. The zero-order valence-electron chi connectivity index (χ0n) is 15.1. The summed E-state index contributed by atoms with van der Waals surface area (Å²) in [4.78, 5) is 11.8. The molecule has 4 aromatic rings. The maximum Gasteiger partial charge on any atom is 0.241 e. The van der Waals surface area contributed by atoms with Crippen LogP contribution in [0, 0.1) is 0 Å². The lowest BCUT2D eigenvalue weighted by atomic mass is 10.3. The number of hydrogen-bond acceptors (Lipinski definition) is 8. The maximum absolute atomic E-state index is 11.8. The highest BCUT2D eigenvalue weighted by Crippen LogP contribution is 2.21. The van der Waals surface area contributed by atoms with Gasteiger partial charge in [0.2, 0.25) is 5.91 Å². The number of rotatable bonds is 8. The third-order valence-corrected chi connectivity index (χ3v) is 4.57. The summed E-state index contributed by atoms with van der Waals surface area (Å²) < 4.78 is 8.15. The van der Waals surface area contributed by atoms with E-state index in [-0.39, 0.29) is 12.5 Å². The van der Waals surface area contributed by atoms with Gasteiger partial charge in [0.15, 0.2) is 17.3 Å². The number of nitrogens with one attached hydrogen (secondary N) is 2. The molecule has 0 atom stereocenters. The van der Waals surface area contributed by atoms with E-state index < -0.39 is 0 Å². The van der Waals surface area contributed by atoms with Crippen LogP contribution < -0.4 is 10.6 Å². The van der Waals surface area contributed by atoms with Crippen molar-refractivity contribution < 1.29 is 9.53 Å². The van der Waals surface area contributed by atoms with E-state index in [0.29, 0.717) is 30.4 Å². The van der Waals surface area contributed by atoms with Crippen LogP contribution in [0.5, 0.6) is 0 Å². The predicted octanol–water partition coefficient (Wildman–Crippen LogP) is 1.56. The minimum absolute atomic E-state index is 0.129. The fraction of sp³-hybridized carbons (Fsp3) is 0.235. The first kappa shape index (κ1) is 18.1. The summed E-state index contributed by atoms with van der Waals surface area (Å²) in [5, 5.41) is 27.0. The fourth-order valence-electron chi connectivity index (χ4n) is 2.59. The van der Waals surface area contributed by atoms with Crippen LogP contribution in [-0.4, -0.2) is 55.8 Å². The van der Waals surface area contributed by atoms with Crippen LogP contribution in [0.4, 0.5) is 11.5 Å². The van der Waals surface area contributed by atoms with Gasteiger partial charge in [0.25, 0.3) is 0 Å². The molecule has 0 unspecified atom stereocenters. The average Bonchev–Trinajstić information content (AvgIpc) is 3.42. The van der Waals surface area contributed by atoms with Crippen molar-refractivity contribution in [1.29, 1.82) is 0 Å². The number of aromatic nitrogens is 6. The Morgan fingerprint density at radius 2 is 2.21 bits per heavy atom. The number of nitrogens with zero attached hydrogens (tertiary/aromatic N) is 6. The molecule has 4 rings (SSSR count). The van der Waals surface area contributed by atoms with Crippen molar-refractivity contribution in [3.63, 3.8) is 0 Å². The molecule has 0 saturated carbocycles. The van der Waals surface area contributed by atoms with E-state index >= 15 is 0 Å². The molecule has 4 heterocycles. The summed E-state index contributed by atoms with van der Waals surface area (Å²) in [5.74, 6) is 1.17. The van der Waals surface area contributed by atoms with E-state index in [4.69, 9.17) is 4.74 Å². The molecule has 0 bridgehead atoms. The van der Waals surface area contributed by atoms with E-state index in [1.54, 1.807) is 40.0 Å². The topological polar surface area (TPSA) is 111 Å². The van der Waals surface area contributed by atoms with Crippen molar-refractivity contribution in [2.45, 2.75) is 6.54 Å². The normalized spacial score (nSPS) is 11.0. The van der Waals surface area contributed by atoms with Gasteiger partial charge in [0.1, 0.15) is 6.54 Å². The Morgan fingerprint density at radius 3 is 3.04 bits per heavy atom. The minimum atomic E-state index is -0.129. The van der Waals surface area contributed by atoms with Gasteiger partial charge in [-0.2, -0.15) is 21.0 Å². The Bertz CT molecular complexity index is 1070. The first-order valence-corrected chi connectivity index (χ1v) is 9.47. The van der Waals surface area contributed by atoms with Gasteiger partial charge in [0, 0.05) is 30.8 Å². The van der Waals surface area contributed by atoms with Gasteiger partial charge in [0.05, 0.1) is 18.5 Å². The predicted molar refractivity (Wildman–Crippen MR) is 104 cm³/mol. The highest BCUT2D eigenvalue weighted by atomic mass is 32.1. The molecule has 0 spiro atoms. The van der Waals surface area contributed by atoms with Crippen molar-refractivity contribution in [3.05, 3.63) is 41.4 Å². The van der Waals surface area contributed by atoms with Gasteiger partial charge in [-0.05, 0) is 23.6 Å². The van der Waals surface area contributed by atoms with E-state index in [1.165, 1.54) is 0 Å². The van der Waals surface area contributed by atoms with Gasteiger partial charge < -0.3 is 15.4 Å². The second-order valence-electron chi connectivity index (χ2n) is 5.92. The van der Waals surface area contributed by atoms with Crippen LogP contribution in [-0.2, 0) is 16.1 Å². The number of carbonyl (C=O) groups is 1. The highest BCUT2D eigenvalue weighted by Gasteiger charge is 2.11. The van der Waals surface area contributed by atoms with Crippen LogP contribution in [0.25, 0.3) is 17.0 Å². The molecule has 144 valence electrons. The lowest BCUT2D eigenvalue weighted by Crippen LogP contribution is -2.30. The van der Waals surface area contributed by atoms with Crippen molar-refractivity contribution in [2.75, 3.05) is 25.6 Å². The van der Waals surface area contributed by atoms with Crippen LogP contribution in [0.2, 0.25) is 0 Å². The fourth-order valence-corrected chi connectivity index (χ4v) is 3.22. The number of amides is 1. The zero-order valence-corrected chi connectivity index (χ0v) is 15.9. The molecule has 0 aliphatic carbocycles. The Kier molecular flexibility index (Phi) is 5.26. The molecule has 2 N–H and O–H groups in total. The molecule has 11 heteroatoms. The Balaban J connectivity index is 1.46. The summed E-state index contributed by atoms with van der Waals surface area (Å²) in [6.07, 6.45) is 3.38. The second kappa shape index (κ2) is 8.15. The highest BCUT2D eigenvalue weighted by molar-refractivity contribution is 7.08. The molecule has 28 heavy (non-hydrogen) atoms. The zero-order chi connectivity index (χ0) is 19.3. The third-order valence-electron chi connectivity index (χ3n) is 3.88. The standard InChI is InChI=1S/C17H18N8O2S/c1-27-6-5-18-16(26)10-24-9-13(8-19-24)20-14-2-3-15-21-22-17(25(15)23-14)12-4-7-28-11-12/h2-4,7-9,11H,5-6,10H2,1H3,(H,18,26)(H,20,23). The number of carbonyl (C=O) groups excluding carboxylic acids is 1. The van der Waals surface area contributed by atoms with E-state index in [2.05, 4.69) is 31.0 Å². The van der Waals surface area contributed by atoms with Gasteiger partial charge in [-0.1, -0.05) is 0 Å². The molecule has 4 aromatic heterocycles. The smallest absolute Gasteiger partial charge is 0.241 e. The Labute approximate surface area is 164 Å². The summed E-state index contributed by atoms with van der Waals surface area (Å²) in [6.45, 7) is 1.07. The molecule has 0 radical (unpaired) electrons. The SMILES string of the molecule is COCCNC(=O)Cn1cc(Nc2ccc3nnc(-c4ccsc4)n3n2)cn1. The van der Waals surface area contributed by atoms with Crippen molar-refractivity contribution in [1.82, 2.24) is 34.9 Å². The van der Waals surface area contributed by atoms with Gasteiger partial charge in [-0.25, -0.2) is 0 Å². The van der Waals surface area contributed by atoms with Crippen molar-refractivity contribution in [3.8, 4) is 11.4 Å². The summed E-state index contributed by atoms with van der Waals surface area (Å²) in [7, 11) is 1.59. The quantitative estimate of drug-likeness (QED) is 0.433. The lowest BCUT2D eigenvalue weighted by Gasteiger charge is -2.05. The second-order valence-corrected chi connectivity index (χ2v) is 6.70. The summed E-state index contributed by atoms with van der Waals surface area (Å²) in [6, 6.07) is 5.63. The minimum Gasteiger partial charge on any atom is -0.383 e. The first-order valence-electron chi connectivity index (χ1n) is 8.53. The van der Waals surface area contributed by atoms with E-state index in [1.807, 2.05) is 29.0 Å². The molecule has 0 aliphatic rings. The number of hydrogen-bond donors (Lipinski definition) is 2. The molecule has 10 nitrogen and oxygen atoms in total. The van der Waals surface area contributed by atoms with Gasteiger partial charge in [-0.15, -0.1) is 15.3 Å². The Hall–Kier alpha value is -3.31. The van der Waals surface area contributed by atoms with Crippen molar-refractivity contribution >= 4 is 34.4 Å². The third kappa shape index (κ3) is 4.00. The number of fused-ring (bicyclic) bond motifs is 1. The summed E-state index contributed by atoms with van der Waals surface area (Å²) >= 11 is 1.59.